The monoisotopic (exact) mass is 407 g/mol. The van der Waals surface area contributed by atoms with Crippen LogP contribution in [0.15, 0.2) is 28.8 Å². The van der Waals surface area contributed by atoms with Gasteiger partial charge < -0.3 is 14.6 Å². The normalized spacial score (nSPS) is 16.6. The number of carbonyl (C=O) groups excluding carboxylic acids is 1. The predicted molar refractivity (Wildman–Crippen MR) is 98.7 cm³/mol. The van der Waals surface area contributed by atoms with Crippen LogP contribution in [0.5, 0.6) is 0 Å². The van der Waals surface area contributed by atoms with Crippen molar-refractivity contribution in [1.29, 1.82) is 0 Å². The van der Waals surface area contributed by atoms with Gasteiger partial charge in [-0.05, 0) is 19.1 Å². The molecule has 2 aromatic rings. The molecule has 1 aliphatic heterocycles. The number of nitrogens with one attached hydrogen (secondary N) is 1. The number of piperazine rings is 1. The molecule has 1 amide bonds. The third kappa shape index (κ3) is 5.16. The number of halogens is 4. The van der Waals surface area contributed by atoms with Gasteiger partial charge in [0.25, 0.3) is 0 Å². The van der Waals surface area contributed by atoms with E-state index in [9.17, 15) is 13.6 Å². The fourth-order valence-corrected chi connectivity index (χ4v) is 2.81. The second kappa shape index (κ2) is 9.85. The minimum Gasteiger partial charge on any atom is -0.441 e. The van der Waals surface area contributed by atoms with E-state index in [4.69, 9.17) is 4.42 Å². The quantitative estimate of drug-likeness (QED) is 0.844. The Bertz CT molecular complexity index is 743. The van der Waals surface area contributed by atoms with Gasteiger partial charge in [0.1, 0.15) is 11.6 Å². The summed E-state index contributed by atoms with van der Waals surface area (Å²) in [6.07, 6.45) is 2.03. The van der Waals surface area contributed by atoms with E-state index in [1.165, 1.54) is 12.3 Å². The van der Waals surface area contributed by atoms with Crippen LogP contribution in [-0.2, 0) is 11.2 Å². The van der Waals surface area contributed by atoms with E-state index in [-0.39, 0.29) is 54.5 Å². The van der Waals surface area contributed by atoms with Gasteiger partial charge in [-0.2, -0.15) is 0 Å². The number of carbonyl (C=O) groups is 1. The number of rotatable bonds is 4. The molecule has 1 fully saturated rings. The fourth-order valence-electron chi connectivity index (χ4n) is 2.81. The molecular weight excluding hydrogens is 387 g/mol. The first kappa shape index (κ1) is 22.3. The minimum atomic E-state index is -0.705. The Morgan fingerprint density at radius 3 is 2.85 bits per heavy atom. The van der Waals surface area contributed by atoms with Crippen LogP contribution >= 0.6 is 24.8 Å². The second-order valence-corrected chi connectivity index (χ2v) is 5.88. The Morgan fingerprint density at radius 2 is 2.15 bits per heavy atom. The van der Waals surface area contributed by atoms with Crippen molar-refractivity contribution in [2.45, 2.75) is 25.8 Å². The molecule has 2 heterocycles. The van der Waals surface area contributed by atoms with Crippen LogP contribution in [0.2, 0.25) is 0 Å². The topological polar surface area (TPSA) is 58.4 Å². The molecule has 0 bridgehead atoms. The van der Waals surface area contributed by atoms with Crippen molar-refractivity contribution < 1.29 is 18.0 Å². The van der Waals surface area contributed by atoms with E-state index in [0.29, 0.717) is 18.9 Å². The summed E-state index contributed by atoms with van der Waals surface area (Å²) < 4.78 is 32.2. The zero-order valence-electron chi connectivity index (χ0n) is 14.2. The average molecular weight is 408 g/mol. The number of aromatic nitrogens is 1. The van der Waals surface area contributed by atoms with Gasteiger partial charge in [0.2, 0.25) is 5.91 Å². The van der Waals surface area contributed by atoms with Crippen molar-refractivity contribution in [2.75, 3.05) is 19.6 Å². The largest absolute Gasteiger partial charge is 0.441 e. The molecule has 0 radical (unpaired) electrons. The first-order chi connectivity index (χ1) is 11.5. The Balaban J connectivity index is 0.00000169. The minimum absolute atomic E-state index is 0. The van der Waals surface area contributed by atoms with Gasteiger partial charge in [-0.3, -0.25) is 4.79 Å². The maximum Gasteiger partial charge on any atom is 0.223 e. The van der Waals surface area contributed by atoms with Gasteiger partial charge >= 0.3 is 0 Å². The van der Waals surface area contributed by atoms with E-state index < -0.39 is 11.6 Å². The molecule has 5 nitrogen and oxygen atoms in total. The van der Waals surface area contributed by atoms with Crippen molar-refractivity contribution in [1.82, 2.24) is 15.2 Å². The summed E-state index contributed by atoms with van der Waals surface area (Å²) in [6.45, 7) is 4.28. The molecule has 1 aromatic carbocycles. The summed E-state index contributed by atoms with van der Waals surface area (Å²) in [5.74, 6) is -0.706. The molecule has 26 heavy (non-hydrogen) atoms. The Kier molecular flexibility index (Phi) is 8.46. The zero-order valence-corrected chi connectivity index (χ0v) is 15.8. The lowest BCUT2D eigenvalue weighted by Gasteiger charge is -2.34. The summed E-state index contributed by atoms with van der Waals surface area (Å²) in [5, 5.41) is 3.24. The van der Waals surface area contributed by atoms with Gasteiger partial charge in [0.15, 0.2) is 11.7 Å². The number of benzene rings is 1. The van der Waals surface area contributed by atoms with Crippen molar-refractivity contribution in [3.63, 3.8) is 0 Å². The highest BCUT2D eigenvalue weighted by Gasteiger charge is 2.23. The van der Waals surface area contributed by atoms with E-state index in [1.807, 2.05) is 11.8 Å². The van der Waals surface area contributed by atoms with Crippen LogP contribution in [0.25, 0.3) is 11.3 Å². The number of hydrogen-bond donors (Lipinski definition) is 1. The molecule has 0 spiro atoms. The molecule has 144 valence electrons. The van der Waals surface area contributed by atoms with Crippen LogP contribution in [0.3, 0.4) is 0 Å². The summed E-state index contributed by atoms with van der Waals surface area (Å²) in [6, 6.07) is 3.44. The first-order valence-corrected chi connectivity index (χ1v) is 7.95. The number of oxazole rings is 1. The fraction of sp³-hybridized carbons (Fsp3) is 0.412. The van der Waals surface area contributed by atoms with E-state index in [2.05, 4.69) is 10.3 Å². The van der Waals surface area contributed by atoms with Crippen LogP contribution in [0.1, 0.15) is 19.2 Å². The van der Waals surface area contributed by atoms with Gasteiger partial charge in [-0.15, -0.1) is 24.8 Å². The maximum absolute atomic E-state index is 13.8. The molecule has 0 unspecified atom stereocenters. The lowest BCUT2D eigenvalue weighted by atomic mass is 10.2. The van der Waals surface area contributed by atoms with Crippen LogP contribution in [-0.4, -0.2) is 41.5 Å². The maximum atomic E-state index is 13.8. The highest BCUT2D eigenvalue weighted by atomic mass is 35.5. The summed E-state index contributed by atoms with van der Waals surface area (Å²) in [4.78, 5) is 18.2. The molecule has 1 saturated heterocycles. The third-order valence-electron chi connectivity index (χ3n) is 4.12. The highest BCUT2D eigenvalue weighted by Crippen LogP contribution is 2.24. The molecule has 1 aliphatic rings. The van der Waals surface area contributed by atoms with Crippen LogP contribution in [0.4, 0.5) is 8.78 Å². The number of aryl methyl sites for hydroxylation is 1. The molecule has 3 rings (SSSR count). The van der Waals surface area contributed by atoms with E-state index in [0.717, 1.165) is 25.2 Å². The summed E-state index contributed by atoms with van der Waals surface area (Å²) in [7, 11) is 0. The SMILES string of the molecule is C[C@H]1CNCCN1C(=O)CCc1ncc(-c2ccc(F)cc2F)o1.Cl.Cl. The molecule has 9 heteroatoms. The van der Waals surface area contributed by atoms with Crippen molar-refractivity contribution >= 4 is 30.7 Å². The summed E-state index contributed by atoms with van der Waals surface area (Å²) in [5.41, 5.74) is 0.150. The molecule has 1 atom stereocenters. The molecule has 0 aliphatic carbocycles. The lowest BCUT2D eigenvalue weighted by molar-refractivity contribution is -0.134. The van der Waals surface area contributed by atoms with Gasteiger partial charge in [0.05, 0.1) is 11.8 Å². The predicted octanol–water partition coefficient (Wildman–Crippen LogP) is 3.22. The first-order valence-electron chi connectivity index (χ1n) is 7.95. The number of hydrogen-bond acceptors (Lipinski definition) is 4. The Labute approximate surface area is 163 Å². The number of amides is 1. The Morgan fingerprint density at radius 1 is 1.38 bits per heavy atom. The highest BCUT2D eigenvalue weighted by molar-refractivity contribution is 5.85. The van der Waals surface area contributed by atoms with Crippen molar-refractivity contribution in [2.24, 2.45) is 0 Å². The Hall–Kier alpha value is -1.70. The van der Waals surface area contributed by atoms with Gasteiger partial charge in [-0.25, -0.2) is 13.8 Å². The van der Waals surface area contributed by atoms with Crippen molar-refractivity contribution in [3.05, 3.63) is 41.9 Å². The van der Waals surface area contributed by atoms with Gasteiger partial charge in [-0.1, -0.05) is 0 Å². The van der Waals surface area contributed by atoms with E-state index in [1.54, 1.807) is 0 Å². The van der Waals surface area contributed by atoms with E-state index >= 15 is 0 Å². The second-order valence-electron chi connectivity index (χ2n) is 5.88. The lowest BCUT2D eigenvalue weighted by Crippen LogP contribution is -2.52. The van der Waals surface area contributed by atoms with Crippen LogP contribution < -0.4 is 5.32 Å². The molecule has 0 saturated carbocycles. The standard InChI is InChI=1S/C17H19F2N3O2.2ClH/c1-11-9-20-6-7-22(11)17(23)5-4-16-21-10-15(24-16)13-3-2-12(18)8-14(13)19;;/h2-3,8,10-11,20H,4-7,9H2,1H3;2*1H/t11-;;/m0../s1. The smallest absolute Gasteiger partial charge is 0.223 e. The van der Waals surface area contributed by atoms with Crippen LogP contribution in [0, 0.1) is 11.6 Å². The molecule has 1 aromatic heterocycles. The third-order valence-corrected chi connectivity index (χ3v) is 4.12. The van der Waals surface area contributed by atoms with Crippen molar-refractivity contribution in [3.8, 4) is 11.3 Å². The number of nitrogens with zero attached hydrogens (tertiary/aromatic N) is 2. The zero-order chi connectivity index (χ0) is 17.1. The summed E-state index contributed by atoms with van der Waals surface area (Å²) >= 11 is 0. The molecule has 1 N–H and O–H groups in total. The molecular formula is C17H21Cl2F2N3O2. The van der Waals surface area contributed by atoms with Gasteiger partial charge in [0, 0.05) is 44.6 Å². The average Bonchev–Trinajstić information content (AvgIpc) is 3.01.